The van der Waals surface area contributed by atoms with E-state index in [1.54, 1.807) is 53.7 Å². The molecular formula is C18H22N4O2S2. The minimum atomic E-state index is -0.0935. The number of nitrogens with zero attached hydrogens (tertiary/aromatic N) is 4. The van der Waals surface area contributed by atoms with Gasteiger partial charge in [0.1, 0.15) is 0 Å². The molecule has 0 N–H and O–H groups in total. The van der Waals surface area contributed by atoms with E-state index in [0.717, 1.165) is 15.5 Å². The van der Waals surface area contributed by atoms with E-state index in [-0.39, 0.29) is 30.9 Å². The lowest BCUT2D eigenvalue weighted by atomic mass is 10.1. The van der Waals surface area contributed by atoms with E-state index in [9.17, 15) is 9.59 Å². The van der Waals surface area contributed by atoms with Gasteiger partial charge in [0, 0.05) is 25.4 Å². The van der Waals surface area contributed by atoms with Gasteiger partial charge in [-0.2, -0.15) is 5.10 Å². The topological polar surface area (TPSA) is 56.2 Å². The van der Waals surface area contributed by atoms with Crippen molar-refractivity contribution in [3.63, 3.8) is 0 Å². The maximum Gasteiger partial charge on any atom is 0.257 e. The summed E-state index contributed by atoms with van der Waals surface area (Å²) < 4.78 is 0. The molecule has 0 saturated heterocycles. The minimum Gasteiger partial charge on any atom is -0.348 e. The highest BCUT2D eigenvalue weighted by Gasteiger charge is 2.34. The van der Waals surface area contributed by atoms with Crippen LogP contribution in [0.15, 0.2) is 40.1 Å². The first-order chi connectivity index (χ1) is 12.5. The summed E-state index contributed by atoms with van der Waals surface area (Å²) in [5.74, 6) is -0.122. The van der Waals surface area contributed by atoms with Gasteiger partial charge >= 0.3 is 0 Å². The van der Waals surface area contributed by atoms with Gasteiger partial charge in [0.05, 0.1) is 29.7 Å². The lowest BCUT2D eigenvalue weighted by Gasteiger charge is -2.24. The fraction of sp³-hybridized carbons (Fsp3) is 0.389. The lowest BCUT2D eigenvalue weighted by Crippen LogP contribution is -2.41. The van der Waals surface area contributed by atoms with Crippen molar-refractivity contribution in [2.24, 2.45) is 5.10 Å². The van der Waals surface area contributed by atoms with Gasteiger partial charge in [0.15, 0.2) is 0 Å². The molecule has 0 fully saturated rings. The molecule has 8 heteroatoms. The van der Waals surface area contributed by atoms with E-state index < -0.39 is 0 Å². The average molecular weight is 391 g/mol. The molecule has 0 radical (unpaired) electrons. The van der Waals surface area contributed by atoms with E-state index in [4.69, 9.17) is 0 Å². The molecule has 1 atom stereocenters. The van der Waals surface area contributed by atoms with Gasteiger partial charge in [0.2, 0.25) is 5.91 Å². The summed E-state index contributed by atoms with van der Waals surface area (Å²) in [4.78, 5) is 30.2. The van der Waals surface area contributed by atoms with Gasteiger partial charge in [-0.1, -0.05) is 12.1 Å². The average Bonchev–Trinajstić information content (AvgIpc) is 3.33. The molecule has 1 aliphatic rings. The number of thiophene rings is 2. The Labute approximate surface area is 161 Å². The highest BCUT2D eigenvalue weighted by atomic mass is 32.1. The van der Waals surface area contributed by atoms with Gasteiger partial charge in [-0.05, 0) is 29.9 Å². The minimum absolute atomic E-state index is 0.0284. The summed E-state index contributed by atoms with van der Waals surface area (Å²) in [7, 11) is 5.20. The zero-order chi connectivity index (χ0) is 18.7. The van der Waals surface area contributed by atoms with Crippen LogP contribution in [0.5, 0.6) is 0 Å². The zero-order valence-electron chi connectivity index (χ0n) is 15.1. The van der Waals surface area contributed by atoms with Crippen LogP contribution in [0.25, 0.3) is 0 Å². The second-order valence-corrected chi connectivity index (χ2v) is 8.39. The van der Waals surface area contributed by atoms with Crippen LogP contribution >= 0.6 is 22.7 Å². The molecule has 1 aliphatic heterocycles. The summed E-state index contributed by atoms with van der Waals surface area (Å²) in [5.41, 5.74) is 0.943. The molecule has 0 aliphatic carbocycles. The summed E-state index contributed by atoms with van der Waals surface area (Å²) in [6.07, 6.45) is 0.715. The number of hydrazone groups is 1. The molecule has 2 amide bonds. The van der Waals surface area contributed by atoms with E-state index >= 15 is 0 Å². The molecule has 26 heavy (non-hydrogen) atoms. The summed E-state index contributed by atoms with van der Waals surface area (Å²) in [5, 5.41) is 10.3. The monoisotopic (exact) mass is 390 g/mol. The zero-order valence-corrected chi connectivity index (χ0v) is 16.7. The predicted molar refractivity (Wildman–Crippen MR) is 106 cm³/mol. The first kappa shape index (κ1) is 18.8. The molecule has 3 rings (SSSR count). The van der Waals surface area contributed by atoms with Crippen molar-refractivity contribution in [1.29, 1.82) is 0 Å². The number of amides is 2. The maximum absolute atomic E-state index is 12.9. The van der Waals surface area contributed by atoms with E-state index in [2.05, 4.69) is 5.10 Å². The van der Waals surface area contributed by atoms with Crippen LogP contribution in [0.2, 0.25) is 0 Å². The quantitative estimate of drug-likeness (QED) is 0.762. The maximum atomic E-state index is 12.9. The third-order valence-electron chi connectivity index (χ3n) is 4.15. The molecule has 6 nitrogen and oxygen atoms in total. The molecule has 3 heterocycles. The molecule has 2 aromatic rings. The van der Waals surface area contributed by atoms with Crippen molar-refractivity contribution in [3.05, 3.63) is 44.8 Å². The number of carbonyl (C=O) groups is 2. The third kappa shape index (κ3) is 4.20. The fourth-order valence-corrected chi connectivity index (χ4v) is 4.30. The molecule has 138 valence electrons. The van der Waals surface area contributed by atoms with Gasteiger partial charge < -0.3 is 4.90 Å². The lowest BCUT2D eigenvalue weighted by molar-refractivity contribution is -0.135. The molecule has 0 bridgehead atoms. The van der Waals surface area contributed by atoms with Crippen molar-refractivity contribution in [1.82, 2.24) is 14.8 Å². The normalized spacial score (nSPS) is 16.8. The van der Waals surface area contributed by atoms with Gasteiger partial charge in [0.25, 0.3) is 5.91 Å². The number of rotatable bonds is 6. The van der Waals surface area contributed by atoms with Crippen LogP contribution in [-0.4, -0.2) is 66.6 Å². The van der Waals surface area contributed by atoms with Crippen molar-refractivity contribution in [2.75, 3.05) is 34.2 Å². The molecule has 0 aromatic carbocycles. The molecule has 2 aromatic heterocycles. The van der Waals surface area contributed by atoms with E-state index in [1.807, 2.05) is 35.0 Å². The fourth-order valence-electron chi connectivity index (χ4n) is 2.77. The number of carbonyl (C=O) groups excluding carboxylic acids is 2. The molecule has 0 spiro atoms. The van der Waals surface area contributed by atoms with Crippen molar-refractivity contribution < 1.29 is 9.59 Å². The van der Waals surface area contributed by atoms with Crippen LogP contribution < -0.4 is 0 Å². The summed E-state index contributed by atoms with van der Waals surface area (Å²) in [6.45, 7) is 0.362. The van der Waals surface area contributed by atoms with Gasteiger partial charge in [-0.15, -0.1) is 22.7 Å². The largest absolute Gasteiger partial charge is 0.348 e. The summed E-state index contributed by atoms with van der Waals surface area (Å²) in [6, 6.07) is 7.99. The Balaban J connectivity index is 1.75. The van der Waals surface area contributed by atoms with E-state index in [1.165, 1.54) is 4.90 Å². The Morgan fingerprint density at radius 1 is 1.15 bits per heavy atom. The Hall–Kier alpha value is -2.03. The van der Waals surface area contributed by atoms with Crippen LogP contribution in [0.3, 0.4) is 0 Å². The van der Waals surface area contributed by atoms with Crippen LogP contribution in [-0.2, 0) is 9.59 Å². The first-order valence-electron chi connectivity index (χ1n) is 8.31. The Bertz CT molecular complexity index is 784. The standard InChI is InChI=1S/C18H22N4O2S2/c1-20(2)17(23)11-21(3)12-18(24)22-14(16-7-5-9-26-16)10-13(19-22)15-6-4-8-25-15/h4-9,14H,10-12H2,1-3H3. The van der Waals surface area contributed by atoms with Crippen molar-refractivity contribution >= 4 is 40.2 Å². The van der Waals surface area contributed by atoms with Crippen LogP contribution in [0.4, 0.5) is 0 Å². The Kier molecular flexibility index (Phi) is 5.85. The second-order valence-electron chi connectivity index (χ2n) is 6.46. The van der Waals surface area contributed by atoms with Crippen molar-refractivity contribution in [3.8, 4) is 0 Å². The highest BCUT2D eigenvalue weighted by molar-refractivity contribution is 7.12. The second kappa shape index (κ2) is 8.11. The van der Waals surface area contributed by atoms with Crippen LogP contribution in [0.1, 0.15) is 22.2 Å². The number of hydrogen-bond acceptors (Lipinski definition) is 6. The van der Waals surface area contributed by atoms with Gasteiger partial charge in [-0.25, -0.2) is 5.01 Å². The molecular weight excluding hydrogens is 368 g/mol. The Morgan fingerprint density at radius 2 is 1.88 bits per heavy atom. The van der Waals surface area contributed by atoms with Crippen LogP contribution in [0, 0.1) is 0 Å². The van der Waals surface area contributed by atoms with E-state index in [0.29, 0.717) is 6.42 Å². The Morgan fingerprint density at radius 3 is 2.50 bits per heavy atom. The predicted octanol–water partition coefficient (Wildman–Crippen LogP) is 2.51. The highest BCUT2D eigenvalue weighted by Crippen LogP contribution is 2.35. The summed E-state index contributed by atoms with van der Waals surface area (Å²) >= 11 is 3.27. The smallest absolute Gasteiger partial charge is 0.257 e. The third-order valence-corrected chi connectivity index (χ3v) is 6.04. The van der Waals surface area contributed by atoms with Crippen molar-refractivity contribution in [2.45, 2.75) is 12.5 Å². The number of hydrogen-bond donors (Lipinski definition) is 0. The number of likely N-dealkylation sites (N-methyl/N-ethyl adjacent to an activating group) is 2. The van der Waals surface area contributed by atoms with Gasteiger partial charge in [-0.3, -0.25) is 14.5 Å². The molecule has 0 saturated carbocycles. The first-order valence-corrected chi connectivity index (χ1v) is 10.1. The SMILES string of the molecule is CN(CC(=O)N(C)C)CC(=O)N1N=C(c2cccs2)CC1c1cccs1. The molecule has 1 unspecified atom stereocenters.